The van der Waals surface area contributed by atoms with Gasteiger partial charge >= 0.3 is 18.9 Å². The van der Waals surface area contributed by atoms with Gasteiger partial charge in [0.1, 0.15) is 6.29 Å². The minimum absolute atomic E-state index is 0. The van der Waals surface area contributed by atoms with E-state index in [1.54, 1.807) is 0 Å². The molecule has 4 heteroatoms. The van der Waals surface area contributed by atoms with E-state index < -0.39 is 0 Å². The molecular weight excluding hydrogens is 399 g/mol. The summed E-state index contributed by atoms with van der Waals surface area (Å²) in [6, 6.07) is 29.8. The first kappa shape index (κ1) is 27.1. The van der Waals surface area contributed by atoms with Crippen LogP contribution in [0.2, 0.25) is 0 Å². The van der Waals surface area contributed by atoms with Gasteiger partial charge in [0.25, 0.3) is 0 Å². The van der Waals surface area contributed by atoms with E-state index in [-0.39, 0.29) is 18.9 Å². The first-order valence-corrected chi connectivity index (χ1v) is 11.6. The minimum atomic E-state index is 0. The molecule has 0 saturated carbocycles. The zero-order chi connectivity index (χ0) is 22.6. The summed E-state index contributed by atoms with van der Waals surface area (Å²) in [4.78, 5) is 16.1. The number of benzene rings is 3. The number of carbonyl (C=O) groups excluding carboxylic acids is 1. The molecule has 33 heavy (non-hydrogen) atoms. The summed E-state index contributed by atoms with van der Waals surface area (Å²) in [5.74, 6) is 0. The molecule has 0 bridgehead atoms. The SMILES string of the molecule is O=Cc1ccc([C@H]2CN(Cc3ccccc3)CCN2Cc2ccccc2)cc1.[CH2-]CCC.[Li+]. The minimum Gasteiger partial charge on any atom is -0.343 e. The van der Waals surface area contributed by atoms with Crippen LogP contribution in [0.25, 0.3) is 0 Å². The van der Waals surface area contributed by atoms with Crippen LogP contribution < -0.4 is 18.9 Å². The van der Waals surface area contributed by atoms with E-state index in [2.05, 4.69) is 96.4 Å². The smallest absolute Gasteiger partial charge is 0.343 e. The molecule has 1 fully saturated rings. The third kappa shape index (κ3) is 8.61. The second kappa shape index (κ2) is 14.9. The van der Waals surface area contributed by atoms with E-state index in [4.69, 9.17) is 0 Å². The molecule has 1 aliphatic heterocycles. The van der Waals surface area contributed by atoms with Crippen LogP contribution in [0.1, 0.15) is 52.9 Å². The molecule has 1 atom stereocenters. The number of hydrogen-bond acceptors (Lipinski definition) is 3. The molecule has 0 aromatic heterocycles. The molecule has 0 radical (unpaired) electrons. The molecular formula is C29H35LiN2O. The molecule has 3 nitrogen and oxygen atoms in total. The Hall–Kier alpha value is -2.15. The second-order valence-corrected chi connectivity index (χ2v) is 8.33. The van der Waals surface area contributed by atoms with E-state index in [0.29, 0.717) is 6.04 Å². The van der Waals surface area contributed by atoms with Crippen LogP contribution in [0.15, 0.2) is 84.9 Å². The van der Waals surface area contributed by atoms with Crippen molar-refractivity contribution < 1.29 is 23.7 Å². The van der Waals surface area contributed by atoms with Gasteiger partial charge in [0.15, 0.2) is 0 Å². The van der Waals surface area contributed by atoms with E-state index in [1.807, 2.05) is 12.1 Å². The van der Waals surface area contributed by atoms with Gasteiger partial charge in [-0.2, -0.15) is 6.42 Å². The summed E-state index contributed by atoms with van der Waals surface area (Å²) in [5, 5.41) is 0. The van der Waals surface area contributed by atoms with Crippen molar-refractivity contribution in [1.29, 1.82) is 0 Å². The summed E-state index contributed by atoms with van der Waals surface area (Å²) < 4.78 is 0. The third-order valence-corrected chi connectivity index (χ3v) is 5.86. The Morgan fingerprint density at radius 3 is 1.91 bits per heavy atom. The van der Waals surface area contributed by atoms with Crippen LogP contribution in [-0.4, -0.2) is 35.7 Å². The normalized spacial score (nSPS) is 16.2. The number of unbranched alkanes of at least 4 members (excludes halogenated alkanes) is 1. The standard InChI is InChI=1S/C25H26N2O.C4H9.Li/c28-20-23-11-13-24(14-12-23)25-19-26(17-21-7-3-1-4-8-21)15-16-27(25)18-22-9-5-2-6-10-22;1-3-4-2;/h1-14,20,25H,15-19H2;1,3-4H2,2H3;/q;-1;+1/t25-;;/m1../s1. The quantitative estimate of drug-likeness (QED) is 0.324. The predicted octanol–water partition coefficient (Wildman–Crippen LogP) is 3.18. The monoisotopic (exact) mass is 434 g/mol. The fourth-order valence-corrected chi connectivity index (χ4v) is 3.98. The Balaban J connectivity index is 0.000000714. The summed E-state index contributed by atoms with van der Waals surface area (Å²) in [6.07, 6.45) is 3.19. The molecule has 1 saturated heterocycles. The molecule has 3 aromatic rings. The van der Waals surface area contributed by atoms with Crippen LogP contribution >= 0.6 is 0 Å². The van der Waals surface area contributed by atoms with Gasteiger partial charge in [-0.1, -0.05) is 98.3 Å². The number of piperazine rings is 1. The average Bonchev–Trinajstić information content (AvgIpc) is 2.86. The Morgan fingerprint density at radius 2 is 1.39 bits per heavy atom. The van der Waals surface area contributed by atoms with Gasteiger partial charge in [0.2, 0.25) is 0 Å². The van der Waals surface area contributed by atoms with Crippen molar-refractivity contribution in [3.8, 4) is 0 Å². The number of rotatable bonds is 7. The number of aldehydes is 1. The molecule has 4 rings (SSSR count). The fourth-order valence-electron chi connectivity index (χ4n) is 3.98. The van der Waals surface area contributed by atoms with Crippen LogP contribution in [0.3, 0.4) is 0 Å². The van der Waals surface area contributed by atoms with E-state index in [9.17, 15) is 4.79 Å². The van der Waals surface area contributed by atoms with Gasteiger partial charge < -0.3 is 6.92 Å². The molecule has 1 heterocycles. The van der Waals surface area contributed by atoms with Gasteiger partial charge in [-0.15, -0.1) is 0 Å². The molecule has 0 amide bonds. The molecule has 0 spiro atoms. The van der Waals surface area contributed by atoms with Gasteiger partial charge in [0.05, 0.1) is 0 Å². The van der Waals surface area contributed by atoms with Gasteiger partial charge in [-0.25, -0.2) is 0 Å². The van der Waals surface area contributed by atoms with E-state index >= 15 is 0 Å². The van der Waals surface area contributed by atoms with Crippen molar-refractivity contribution in [2.45, 2.75) is 38.9 Å². The van der Waals surface area contributed by atoms with Crippen molar-refractivity contribution in [1.82, 2.24) is 9.80 Å². The topological polar surface area (TPSA) is 23.6 Å². The van der Waals surface area contributed by atoms with Crippen molar-refractivity contribution in [3.05, 3.63) is 114 Å². The van der Waals surface area contributed by atoms with Gasteiger partial charge in [0, 0.05) is 44.3 Å². The first-order chi connectivity index (χ1) is 15.7. The predicted molar refractivity (Wildman–Crippen MR) is 133 cm³/mol. The number of nitrogens with zero attached hydrogens (tertiary/aromatic N) is 2. The van der Waals surface area contributed by atoms with E-state index in [1.165, 1.54) is 23.1 Å². The molecule has 0 aliphatic carbocycles. The zero-order valence-electron chi connectivity index (χ0n) is 20.2. The van der Waals surface area contributed by atoms with Crippen LogP contribution in [0.5, 0.6) is 0 Å². The van der Waals surface area contributed by atoms with Crippen LogP contribution in [-0.2, 0) is 13.1 Å². The Kier molecular flexibility index (Phi) is 12.2. The number of hydrogen-bond donors (Lipinski definition) is 0. The third-order valence-electron chi connectivity index (χ3n) is 5.86. The largest absolute Gasteiger partial charge is 1.00 e. The van der Waals surface area contributed by atoms with Gasteiger partial charge in [-0.3, -0.25) is 14.6 Å². The Bertz CT molecular complexity index is 913. The summed E-state index contributed by atoms with van der Waals surface area (Å²) >= 11 is 0. The molecule has 1 aliphatic rings. The summed E-state index contributed by atoms with van der Waals surface area (Å²) in [6.45, 7) is 10.7. The summed E-state index contributed by atoms with van der Waals surface area (Å²) in [5.41, 5.74) is 4.71. The maximum atomic E-state index is 11.0. The first-order valence-electron chi connectivity index (χ1n) is 11.6. The van der Waals surface area contributed by atoms with Crippen LogP contribution in [0.4, 0.5) is 0 Å². The zero-order valence-corrected chi connectivity index (χ0v) is 20.2. The van der Waals surface area contributed by atoms with Crippen molar-refractivity contribution in [3.63, 3.8) is 0 Å². The molecule has 0 unspecified atom stereocenters. The van der Waals surface area contributed by atoms with Crippen molar-refractivity contribution in [2.24, 2.45) is 0 Å². The maximum absolute atomic E-state index is 11.0. The van der Waals surface area contributed by atoms with Crippen LogP contribution in [0, 0.1) is 6.92 Å². The van der Waals surface area contributed by atoms with E-state index in [0.717, 1.165) is 51.0 Å². The van der Waals surface area contributed by atoms with Crippen molar-refractivity contribution in [2.75, 3.05) is 19.6 Å². The average molecular weight is 435 g/mol. The fraction of sp³-hybridized carbons (Fsp3) is 0.310. The Labute approximate surface area is 212 Å². The van der Waals surface area contributed by atoms with Gasteiger partial charge in [-0.05, 0) is 16.7 Å². The maximum Gasteiger partial charge on any atom is 1.00 e. The molecule has 0 N–H and O–H groups in total. The second-order valence-electron chi connectivity index (χ2n) is 8.33. The molecule has 3 aromatic carbocycles. The number of carbonyl (C=O) groups is 1. The molecule has 168 valence electrons. The summed E-state index contributed by atoms with van der Waals surface area (Å²) in [7, 11) is 0. The Morgan fingerprint density at radius 1 is 0.848 bits per heavy atom. The van der Waals surface area contributed by atoms with Crippen molar-refractivity contribution >= 4 is 6.29 Å².